The van der Waals surface area contributed by atoms with Crippen molar-refractivity contribution in [2.24, 2.45) is 0 Å². The molecule has 26 heavy (non-hydrogen) atoms. The number of ether oxygens (including phenoxy) is 2. The lowest BCUT2D eigenvalue weighted by Gasteiger charge is -2.16. The minimum Gasteiger partial charge on any atom is -0.481 e. The highest BCUT2D eigenvalue weighted by Crippen LogP contribution is 2.22. The number of rotatable bonds is 5. The number of anilines is 1. The van der Waals surface area contributed by atoms with Gasteiger partial charge in [0.2, 0.25) is 0 Å². The van der Waals surface area contributed by atoms with Crippen molar-refractivity contribution >= 4 is 28.3 Å². The molecular formula is C21H19NO4. The van der Waals surface area contributed by atoms with E-state index in [4.69, 9.17) is 9.47 Å². The van der Waals surface area contributed by atoms with E-state index in [0.717, 1.165) is 10.8 Å². The Morgan fingerprint density at radius 2 is 1.62 bits per heavy atom. The van der Waals surface area contributed by atoms with Crippen LogP contribution in [0.15, 0.2) is 66.7 Å². The van der Waals surface area contributed by atoms with Crippen LogP contribution in [0.2, 0.25) is 0 Å². The van der Waals surface area contributed by atoms with Crippen LogP contribution in [0.4, 0.5) is 5.69 Å². The Bertz CT molecular complexity index is 951. The summed E-state index contributed by atoms with van der Waals surface area (Å²) in [7, 11) is 1.30. The summed E-state index contributed by atoms with van der Waals surface area (Å²) in [5.74, 6) is -0.258. The standard InChI is InChI=1S/C21H19NO4/c1-14(26-17-12-11-15-7-3-4-8-16(15)13-17)20(23)22-19-10-6-5-9-18(19)21(24)25-2/h3-14H,1-2H3,(H,22,23)/t14-/m1/s1. The van der Waals surface area contributed by atoms with Crippen molar-refractivity contribution in [2.45, 2.75) is 13.0 Å². The average Bonchev–Trinajstić information content (AvgIpc) is 2.67. The van der Waals surface area contributed by atoms with E-state index in [2.05, 4.69) is 5.32 Å². The zero-order valence-electron chi connectivity index (χ0n) is 14.6. The maximum absolute atomic E-state index is 12.5. The highest BCUT2D eigenvalue weighted by atomic mass is 16.5. The molecule has 5 heteroatoms. The van der Waals surface area contributed by atoms with Gasteiger partial charge in [0.25, 0.3) is 5.91 Å². The summed E-state index contributed by atoms with van der Waals surface area (Å²) in [6.07, 6.45) is -0.734. The molecule has 0 radical (unpaired) electrons. The van der Waals surface area contributed by atoms with E-state index in [9.17, 15) is 9.59 Å². The summed E-state index contributed by atoms with van der Waals surface area (Å²) < 4.78 is 10.5. The normalized spacial score (nSPS) is 11.6. The monoisotopic (exact) mass is 349 g/mol. The van der Waals surface area contributed by atoms with E-state index in [-0.39, 0.29) is 5.91 Å². The number of hydrogen-bond donors (Lipinski definition) is 1. The molecule has 0 aliphatic heterocycles. The van der Waals surface area contributed by atoms with Gasteiger partial charge in [0.05, 0.1) is 18.4 Å². The van der Waals surface area contributed by atoms with Crippen LogP contribution >= 0.6 is 0 Å². The molecule has 1 amide bonds. The molecule has 1 N–H and O–H groups in total. The maximum atomic E-state index is 12.5. The van der Waals surface area contributed by atoms with E-state index in [1.54, 1.807) is 31.2 Å². The Balaban J connectivity index is 1.72. The molecule has 3 aromatic rings. The van der Waals surface area contributed by atoms with Crippen molar-refractivity contribution in [2.75, 3.05) is 12.4 Å². The van der Waals surface area contributed by atoms with Crippen molar-refractivity contribution in [3.8, 4) is 5.75 Å². The van der Waals surface area contributed by atoms with Crippen molar-refractivity contribution in [3.63, 3.8) is 0 Å². The second kappa shape index (κ2) is 7.70. The smallest absolute Gasteiger partial charge is 0.339 e. The molecule has 0 fully saturated rings. The van der Waals surface area contributed by atoms with Crippen molar-refractivity contribution in [1.29, 1.82) is 0 Å². The molecule has 0 heterocycles. The predicted molar refractivity (Wildman–Crippen MR) is 100 cm³/mol. The van der Waals surface area contributed by atoms with E-state index in [1.807, 2.05) is 42.5 Å². The number of carbonyl (C=O) groups is 2. The van der Waals surface area contributed by atoms with Gasteiger partial charge >= 0.3 is 5.97 Å². The van der Waals surface area contributed by atoms with Crippen LogP contribution in [0.3, 0.4) is 0 Å². The molecule has 0 spiro atoms. The van der Waals surface area contributed by atoms with Gasteiger partial charge in [0, 0.05) is 0 Å². The van der Waals surface area contributed by atoms with Crippen LogP contribution in [0.25, 0.3) is 10.8 Å². The number of fused-ring (bicyclic) bond motifs is 1. The van der Waals surface area contributed by atoms with Crippen LogP contribution in [-0.2, 0) is 9.53 Å². The number of methoxy groups -OCH3 is 1. The fraction of sp³-hybridized carbons (Fsp3) is 0.143. The Kier molecular flexibility index (Phi) is 5.17. The minimum atomic E-state index is -0.734. The molecule has 0 aromatic heterocycles. The number of nitrogens with one attached hydrogen (secondary N) is 1. The predicted octanol–water partition coefficient (Wildman–Crippen LogP) is 4.03. The van der Waals surface area contributed by atoms with E-state index in [0.29, 0.717) is 17.0 Å². The molecule has 0 saturated heterocycles. The Morgan fingerprint density at radius 3 is 2.38 bits per heavy atom. The second-order valence-corrected chi connectivity index (χ2v) is 5.80. The third-order valence-electron chi connectivity index (χ3n) is 3.99. The molecule has 3 aromatic carbocycles. The van der Waals surface area contributed by atoms with Crippen molar-refractivity contribution < 1.29 is 19.1 Å². The largest absolute Gasteiger partial charge is 0.481 e. The van der Waals surface area contributed by atoms with Crippen molar-refractivity contribution in [1.82, 2.24) is 0 Å². The van der Waals surface area contributed by atoms with Gasteiger partial charge in [0.15, 0.2) is 6.10 Å². The zero-order chi connectivity index (χ0) is 18.5. The minimum absolute atomic E-state index is 0.293. The van der Waals surface area contributed by atoms with E-state index in [1.165, 1.54) is 7.11 Å². The third kappa shape index (κ3) is 3.83. The number of benzene rings is 3. The molecule has 0 aliphatic rings. The first kappa shape index (κ1) is 17.5. The fourth-order valence-corrected chi connectivity index (χ4v) is 2.61. The summed E-state index contributed by atoms with van der Waals surface area (Å²) in [4.78, 5) is 24.3. The molecule has 0 saturated carbocycles. The number of hydrogen-bond acceptors (Lipinski definition) is 4. The Labute approximate surface area is 151 Å². The van der Waals surface area contributed by atoms with Crippen LogP contribution in [0.5, 0.6) is 5.75 Å². The molecule has 0 bridgehead atoms. The number of carbonyl (C=O) groups excluding carboxylic acids is 2. The second-order valence-electron chi connectivity index (χ2n) is 5.80. The molecule has 132 valence electrons. The Hall–Kier alpha value is -3.34. The van der Waals surface area contributed by atoms with Crippen LogP contribution in [-0.4, -0.2) is 25.1 Å². The Morgan fingerprint density at radius 1 is 0.923 bits per heavy atom. The molecule has 3 rings (SSSR count). The van der Waals surface area contributed by atoms with Gasteiger partial charge in [-0.15, -0.1) is 0 Å². The van der Waals surface area contributed by atoms with Gasteiger partial charge in [-0.1, -0.05) is 42.5 Å². The van der Waals surface area contributed by atoms with E-state index >= 15 is 0 Å². The molecule has 5 nitrogen and oxygen atoms in total. The first-order valence-corrected chi connectivity index (χ1v) is 8.22. The zero-order valence-corrected chi connectivity index (χ0v) is 14.6. The van der Waals surface area contributed by atoms with Crippen LogP contribution in [0, 0.1) is 0 Å². The molecule has 0 unspecified atom stereocenters. The summed E-state index contributed by atoms with van der Waals surface area (Å²) in [6.45, 7) is 1.66. The van der Waals surface area contributed by atoms with Crippen LogP contribution in [0.1, 0.15) is 17.3 Å². The average molecular weight is 349 g/mol. The summed E-state index contributed by atoms with van der Waals surface area (Å²) in [6, 6.07) is 20.3. The summed E-state index contributed by atoms with van der Waals surface area (Å²) >= 11 is 0. The lowest BCUT2D eigenvalue weighted by molar-refractivity contribution is -0.122. The number of amides is 1. The summed E-state index contributed by atoms with van der Waals surface area (Å²) in [5.41, 5.74) is 0.680. The maximum Gasteiger partial charge on any atom is 0.339 e. The first-order chi connectivity index (χ1) is 12.6. The topological polar surface area (TPSA) is 64.6 Å². The SMILES string of the molecule is COC(=O)c1ccccc1NC(=O)[C@@H](C)Oc1ccc2ccccc2c1. The quantitative estimate of drug-likeness (QED) is 0.706. The van der Waals surface area contributed by atoms with Gasteiger partial charge < -0.3 is 14.8 Å². The van der Waals surface area contributed by atoms with E-state index < -0.39 is 12.1 Å². The van der Waals surface area contributed by atoms with Gasteiger partial charge in [-0.05, 0) is 42.0 Å². The molecule has 0 aliphatic carbocycles. The van der Waals surface area contributed by atoms with Gasteiger partial charge in [-0.2, -0.15) is 0 Å². The van der Waals surface area contributed by atoms with Gasteiger partial charge in [-0.3, -0.25) is 4.79 Å². The fourth-order valence-electron chi connectivity index (χ4n) is 2.61. The van der Waals surface area contributed by atoms with Crippen LogP contribution < -0.4 is 10.1 Å². The highest BCUT2D eigenvalue weighted by molar-refractivity contribution is 6.02. The number of esters is 1. The highest BCUT2D eigenvalue weighted by Gasteiger charge is 2.18. The molecule has 1 atom stereocenters. The summed E-state index contributed by atoms with van der Waals surface area (Å²) in [5, 5.41) is 4.85. The van der Waals surface area contributed by atoms with Gasteiger partial charge in [0.1, 0.15) is 5.75 Å². The first-order valence-electron chi connectivity index (χ1n) is 8.22. The third-order valence-corrected chi connectivity index (χ3v) is 3.99. The molecular weight excluding hydrogens is 330 g/mol. The van der Waals surface area contributed by atoms with Gasteiger partial charge in [-0.25, -0.2) is 4.79 Å². The van der Waals surface area contributed by atoms with Crippen molar-refractivity contribution in [3.05, 3.63) is 72.3 Å². The lowest BCUT2D eigenvalue weighted by atomic mass is 10.1. The number of para-hydroxylation sites is 1. The lowest BCUT2D eigenvalue weighted by Crippen LogP contribution is -2.30.